The number of hydrogen-bond acceptors (Lipinski definition) is 3. The number of morpholine rings is 1. The maximum Gasteiger partial charge on any atom is 0.139 e. The van der Waals surface area contributed by atoms with Crippen LogP contribution in [0.3, 0.4) is 0 Å². The summed E-state index contributed by atoms with van der Waals surface area (Å²) in [5.41, 5.74) is 0.821. The van der Waals surface area contributed by atoms with E-state index in [0.717, 1.165) is 16.3 Å². The van der Waals surface area contributed by atoms with Crippen LogP contribution >= 0.6 is 15.9 Å². The molecule has 0 aliphatic carbocycles. The summed E-state index contributed by atoms with van der Waals surface area (Å²) < 4.78 is 6.50. The molecule has 1 N–H and O–H groups in total. The molecule has 1 saturated heterocycles. The van der Waals surface area contributed by atoms with Crippen molar-refractivity contribution < 1.29 is 9.53 Å². The van der Waals surface area contributed by atoms with E-state index in [9.17, 15) is 4.79 Å². The molecule has 0 aromatic heterocycles. The number of ether oxygens (including phenoxy) is 1. The zero-order valence-electron chi connectivity index (χ0n) is 9.07. The van der Waals surface area contributed by atoms with E-state index >= 15 is 0 Å². The molecule has 16 heavy (non-hydrogen) atoms. The molecule has 0 spiro atoms. The van der Waals surface area contributed by atoms with Crippen LogP contribution in [0.1, 0.15) is 12.5 Å². The van der Waals surface area contributed by atoms with Gasteiger partial charge in [-0.2, -0.15) is 0 Å². The highest BCUT2D eigenvalue weighted by Gasteiger charge is 2.33. The van der Waals surface area contributed by atoms with E-state index in [1.165, 1.54) is 0 Å². The minimum Gasteiger partial charge on any atom is -0.377 e. The third-order valence-corrected chi connectivity index (χ3v) is 3.31. The summed E-state index contributed by atoms with van der Waals surface area (Å²) in [4.78, 5) is 10.8. The fraction of sp³-hybridized carbons (Fsp3) is 0.417. The summed E-state index contributed by atoms with van der Waals surface area (Å²) >= 11 is 3.45. The Morgan fingerprint density at radius 3 is 3.12 bits per heavy atom. The van der Waals surface area contributed by atoms with Gasteiger partial charge in [0.1, 0.15) is 6.29 Å². The maximum absolute atomic E-state index is 10.8. The number of benzene rings is 1. The van der Waals surface area contributed by atoms with Crippen LogP contribution in [0.25, 0.3) is 0 Å². The van der Waals surface area contributed by atoms with Crippen LogP contribution in [0.2, 0.25) is 0 Å². The lowest BCUT2D eigenvalue weighted by molar-refractivity contribution is -0.114. The smallest absolute Gasteiger partial charge is 0.139 e. The number of nitrogens with one attached hydrogen (secondary N) is 1. The fourth-order valence-electron chi connectivity index (χ4n) is 1.95. The van der Waals surface area contributed by atoms with Crippen molar-refractivity contribution >= 4 is 22.2 Å². The minimum absolute atomic E-state index is 0.224. The lowest BCUT2D eigenvalue weighted by Crippen LogP contribution is -2.55. The number of carbonyl (C=O) groups is 1. The van der Waals surface area contributed by atoms with Crippen LogP contribution in [-0.2, 0) is 15.1 Å². The van der Waals surface area contributed by atoms with E-state index in [0.29, 0.717) is 13.2 Å². The zero-order chi connectivity index (χ0) is 11.6. The molecule has 1 aliphatic heterocycles. The van der Waals surface area contributed by atoms with Crippen molar-refractivity contribution in [3.05, 3.63) is 34.3 Å². The van der Waals surface area contributed by atoms with E-state index in [2.05, 4.69) is 21.2 Å². The first-order chi connectivity index (χ1) is 7.64. The van der Waals surface area contributed by atoms with Crippen molar-refractivity contribution in [3.63, 3.8) is 0 Å². The van der Waals surface area contributed by atoms with E-state index < -0.39 is 0 Å². The molecule has 1 aliphatic rings. The fourth-order valence-corrected chi connectivity index (χ4v) is 2.35. The van der Waals surface area contributed by atoms with Crippen LogP contribution in [-0.4, -0.2) is 25.5 Å². The van der Waals surface area contributed by atoms with Crippen molar-refractivity contribution in [2.24, 2.45) is 0 Å². The average Bonchev–Trinajstić information content (AvgIpc) is 2.29. The second-order valence-electron chi connectivity index (χ2n) is 4.24. The molecule has 4 heteroatoms. The molecule has 1 aromatic carbocycles. The Labute approximate surface area is 103 Å². The highest BCUT2D eigenvalue weighted by Crippen LogP contribution is 2.26. The quantitative estimate of drug-likeness (QED) is 0.842. The summed E-state index contributed by atoms with van der Waals surface area (Å²) in [6.07, 6.45) is 0.898. The first kappa shape index (κ1) is 11.8. The molecule has 0 radical (unpaired) electrons. The number of rotatable bonds is 2. The average molecular weight is 284 g/mol. The molecule has 2 atom stereocenters. The molecule has 86 valence electrons. The van der Waals surface area contributed by atoms with Gasteiger partial charge in [0.2, 0.25) is 0 Å². The number of hydrogen-bond donors (Lipinski definition) is 1. The van der Waals surface area contributed by atoms with Gasteiger partial charge in [-0.1, -0.05) is 28.1 Å². The maximum atomic E-state index is 10.8. The van der Waals surface area contributed by atoms with Gasteiger partial charge < -0.3 is 9.53 Å². The van der Waals surface area contributed by atoms with E-state index in [1.54, 1.807) is 0 Å². The Kier molecular flexibility index (Phi) is 3.42. The van der Waals surface area contributed by atoms with Gasteiger partial charge in [0.25, 0.3) is 0 Å². The SMILES string of the molecule is C[C@@]1(c2cccc(Br)c2)COCC(C=O)N1. The summed E-state index contributed by atoms with van der Waals surface area (Å²) in [6, 6.07) is 7.82. The zero-order valence-corrected chi connectivity index (χ0v) is 10.7. The van der Waals surface area contributed by atoms with Crippen LogP contribution < -0.4 is 5.32 Å². The Morgan fingerprint density at radius 2 is 2.44 bits per heavy atom. The van der Waals surface area contributed by atoms with Gasteiger partial charge in [-0.3, -0.25) is 5.32 Å². The van der Waals surface area contributed by atoms with Crippen LogP contribution in [0.4, 0.5) is 0 Å². The van der Waals surface area contributed by atoms with E-state index in [1.807, 2.05) is 31.2 Å². The normalized spacial score (nSPS) is 30.0. The molecule has 1 heterocycles. The van der Waals surface area contributed by atoms with Gasteiger partial charge in [0.05, 0.1) is 24.8 Å². The second kappa shape index (κ2) is 4.65. The molecule has 3 nitrogen and oxygen atoms in total. The van der Waals surface area contributed by atoms with Crippen LogP contribution in [0.15, 0.2) is 28.7 Å². The van der Waals surface area contributed by atoms with E-state index in [-0.39, 0.29) is 11.6 Å². The van der Waals surface area contributed by atoms with Gasteiger partial charge >= 0.3 is 0 Å². The highest BCUT2D eigenvalue weighted by molar-refractivity contribution is 9.10. The van der Waals surface area contributed by atoms with Crippen LogP contribution in [0, 0.1) is 0 Å². The van der Waals surface area contributed by atoms with Crippen molar-refractivity contribution in [2.75, 3.05) is 13.2 Å². The van der Waals surface area contributed by atoms with Crippen molar-refractivity contribution in [2.45, 2.75) is 18.5 Å². The van der Waals surface area contributed by atoms with Gasteiger partial charge in [-0.25, -0.2) is 0 Å². The molecule has 0 saturated carbocycles. The summed E-state index contributed by atoms with van der Waals surface area (Å²) in [5.74, 6) is 0. The van der Waals surface area contributed by atoms with Crippen molar-refractivity contribution in [3.8, 4) is 0 Å². The monoisotopic (exact) mass is 283 g/mol. The molecule has 1 unspecified atom stereocenters. The summed E-state index contributed by atoms with van der Waals surface area (Å²) in [5, 5.41) is 3.31. The predicted octanol–water partition coefficient (Wildman–Crippen LogP) is 1.85. The molecular weight excluding hydrogens is 270 g/mol. The molecule has 0 bridgehead atoms. The number of halogens is 1. The Bertz CT molecular complexity index is 396. The van der Waals surface area contributed by atoms with E-state index in [4.69, 9.17) is 4.74 Å². The third kappa shape index (κ3) is 2.34. The predicted molar refractivity (Wildman–Crippen MR) is 65.3 cm³/mol. The second-order valence-corrected chi connectivity index (χ2v) is 5.16. The van der Waals surface area contributed by atoms with Crippen LogP contribution in [0.5, 0.6) is 0 Å². The van der Waals surface area contributed by atoms with Gasteiger partial charge in [0.15, 0.2) is 0 Å². The van der Waals surface area contributed by atoms with Crippen molar-refractivity contribution in [1.29, 1.82) is 0 Å². The molecule has 1 aromatic rings. The first-order valence-corrected chi connectivity index (χ1v) is 6.00. The first-order valence-electron chi connectivity index (χ1n) is 5.21. The highest BCUT2D eigenvalue weighted by atomic mass is 79.9. The number of carbonyl (C=O) groups excluding carboxylic acids is 1. The largest absolute Gasteiger partial charge is 0.377 e. The summed E-state index contributed by atoms with van der Waals surface area (Å²) in [6.45, 7) is 3.07. The van der Waals surface area contributed by atoms with Gasteiger partial charge in [0, 0.05) is 4.47 Å². The lowest BCUT2D eigenvalue weighted by atomic mass is 9.91. The summed E-state index contributed by atoms with van der Waals surface area (Å²) in [7, 11) is 0. The van der Waals surface area contributed by atoms with Gasteiger partial charge in [-0.15, -0.1) is 0 Å². The number of aldehydes is 1. The Morgan fingerprint density at radius 1 is 1.62 bits per heavy atom. The molecule has 2 rings (SSSR count). The Hall–Kier alpha value is -0.710. The topological polar surface area (TPSA) is 38.3 Å². The Balaban J connectivity index is 2.27. The molecule has 1 fully saturated rings. The molecular formula is C12H14BrNO2. The standard InChI is InChI=1S/C12H14BrNO2/c1-12(8-16-7-11(6-15)14-12)9-3-2-4-10(13)5-9/h2-6,11,14H,7-8H2,1H3/t11?,12-/m0/s1. The third-order valence-electron chi connectivity index (χ3n) is 2.82. The molecule has 0 amide bonds. The lowest BCUT2D eigenvalue weighted by Gasteiger charge is -2.38. The van der Waals surface area contributed by atoms with Crippen molar-refractivity contribution in [1.82, 2.24) is 5.32 Å². The minimum atomic E-state index is -0.298. The van der Waals surface area contributed by atoms with Gasteiger partial charge in [-0.05, 0) is 24.6 Å².